The zero-order chi connectivity index (χ0) is 10.3. The van der Waals surface area contributed by atoms with Gasteiger partial charge < -0.3 is 9.15 Å². The van der Waals surface area contributed by atoms with Crippen molar-refractivity contribution in [2.75, 3.05) is 6.61 Å². The first-order valence-electron chi connectivity index (χ1n) is 5.01. The molecule has 76 valence electrons. The van der Waals surface area contributed by atoms with E-state index in [4.69, 9.17) is 9.15 Å². The summed E-state index contributed by atoms with van der Waals surface area (Å²) in [6.45, 7) is 0.764. The Morgan fingerprint density at radius 2 is 2.20 bits per heavy atom. The predicted molar refractivity (Wildman–Crippen MR) is 55.4 cm³/mol. The van der Waals surface area contributed by atoms with Gasteiger partial charge >= 0.3 is 0 Å². The number of carbonyl (C=O) groups excluding carboxylic acids is 1. The number of ether oxygens (including phenoxy) is 1. The molecule has 1 aliphatic rings. The maximum absolute atomic E-state index is 10.6. The highest BCUT2D eigenvalue weighted by atomic mass is 16.5. The van der Waals surface area contributed by atoms with E-state index in [1.807, 2.05) is 12.1 Å². The van der Waals surface area contributed by atoms with E-state index in [1.165, 1.54) is 5.56 Å². The summed E-state index contributed by atoms with van der Waals surface area (Å²) in [7, 11) is 0. The third-order valence-corrected chi connectivity index (χ3v) is 2.68. The molecular weight excluding hydrogens is 192 g/mol. The second-order valence-electron chi connectivity index (χ2n) is 3.72. The monoisotopic (exact) mass is 202 g/mol. The molecule has 15 heavy (non-hydrogen) atoms. The molecule has 0 aliphatic carbocycles. The minimum absolute atomic E-state index is 0.368. The van der Waals surface area contributed by atoms with Crippen LogP contribution in [0.5, 0.6) is 5.75 Å². The van der Waals surface area contributed by atoms with Gasteiger partial charge in [0, 0.05) is 11.5 Å². The van der Waals surface area contributed by atoms with Crippen molar-refractivity contribution in [3.8, 4) is 5.75 Å². The normalized spacial score (nSPS) is 14.7. The number of furan rings is 1. The smallest absolute Gasteiger partial charge is 0.185 e. The standard InChI is InChI=1S/C12H10O3/c13-7-10-5-9-4-8-2-1-3-14-11(8)6-12(9)15-10/h4-7H,1-3H2. The summed E-state index contributed by atoms with van der Waals surface area (Å²) in [6.07, 6.45) is 2.81. The third kappa shape index (κ3) is 1.31. The summed E-state index contributed by atoms with van der Waals surface area (Å²) in [4.78, 5) is 10.6. The molecule has 0 saturated heterocycles. The van der Waals surface area contributed by atoms with Gasteiger partial charge in [-0.15, -0.1) is 0 Å². The first-order chi connectivity index (χ1) is 7.36. The van der Waals surface area contributed by atoms with Gasteiger partial charge in [0.05, 0.1) is 6.61 Å². The van der Waals surface area contributed by atoms with Crippen LogP contribution in [0.4, 0.5) is 0 Å². The van der Waals surface area contributed by atoms with E-state index in [0.29, 0.717) is 5.76 Å². The molecule has 1 aliphatic heterocycles. The lowest BCUT2D eigenvalue weighted by atomic mass is 10.0. The van der Waals surface area contributed by atoms with E-state index in [-0.39, 0.29) is 0 Å². The molecule has 0 bridgehead atoms. The lowest BCUT2D eigenvalue weighted by molar-refractivity contribution is 0.110. The Bertz CT molecular complexity index is 482. The fourth-order valence-electron chi connectivity index (χ4n) is 1.97. The second kappa shape index (κ2) is 3.12. The van der Waals surface area contributed by atoms with Crippen LogP contribution in [0.15, 0.2) is 22.6 Å². The Morgan fingerprint density at radius 3 is 3.07 bits per heavy atom. The van der Waals surface area contributed by atoms with Crippen molar-refractivity contribution in [3.05, 3.63) is 29.5 Å². The Kier molecular flexibility index (Phi) is 1.78. The molecule has 0 saturated carbocycles. The van der Waals surface area contributed by atoms with Crippen molar-refractivity contribution in [2.24, 2.45) is 0 Å². The van der Waals surface area contributed by atoms with Crippen LogP contribution in [0, 0.1) is 0 Å². The van der Waals surface area contributed by atoms with Gasteiger partial charge in [0.1, 0.15) is 11.3 Å². The fraction of sp³-hybridized carbons (Fsp3) is 0.250. The van der Waals surface area contributed by atoms with E-state index in [9.17, 15) is 4.79 Å². The van der Waals surface area contributed by atoms with Gasteiger partial charge in [-0.1, -0.05) is 0 Å². The number of fused-ring (bicyclic) bond motifs is 2. The van der Waals surface area contributed by atoms with Crippen LogP contribution in [0.3, 0.4) is 0 Å². The van der Waals surface area contributed by atoms with Crippen molar-refractivity contribution in [3.63, 3.8) is 0 Å². The lowest BCUT2D eigenvalue weighted by Crippen LogP contribution is -2.07. The van der Waals surface area contributed by atoms with E-state index < -0.39 is 0 Å². The molecule has 0 N–H and O–H groups in total. The van der Waals surface area contributed by atoms with Gasteiger partial charge in [0.2, 0.25) is 0 Å². The SMILES string of the molecule is O=Cc1cc2cc3c(cc2o1)OCCC3. The molecule has 0 spiro atoms. The number of carbonyl (C=O) groups is 1. The Morgan fingerprint density at radius 1 is 1.27 bits per heavy atom. The highest BCUT2D eigenvalue weighted by molar-refractivity contribution is 5.86. The number of rotatable bonds is 1. The average Bonchev–Trinajstić information content (AvgIpc) is 2.67. The molecule has 0 fully saturated rings. The average molecular weight is 202 g/mol. The first kappa shape index (κ1) is 8.53. The number of benzene rings is 1. The van der Waals surface area contributed by atoms with Gasteiger partial charge in [-0.2, -0.15) is 0 Å². The van der Waals surface area contributed by atoms with Crippen molar-refractivity contribution >= 4 is 17.3 Å². The van der Waals surface area contributed by atoms with Crippen LogP contribution >= 0.6 is 0 Å². The first-order valence-corrected chi connectivity index (χ1v) is 5.01. The number of aryl methyl sites for hydroxylation is 1. The minimum atomic E-state index is 0.368. The van der Waals surface area contributed by atoms with Crippen molar-refractivity contribution in [1.29, 1.82) is 0 Å². The Balaban J connectivity index is 2.23. The summed E-state index contributed by atoms with van der Waals surface area (Å²) in [5, 5.41) is 0.973. The maximum Gasteiger partial charge on any atom is 0.185 e. The zero-order valence-electron chi connectivity index (χ0n) is 8.16. The van der Waals surface area contributed by atoms with Gasteiger partial charge in [-0.05, 0) is 30.5 Å². The largest absolute Gasteiger partial charge is 0.493 e. The van der Waals surface area contributed by atoms with Crippen LogP contribution in [0.1, 0.15) is 22.5 Å². The Hall–Kier alpha value is -1.77. The van der Waals surface area contributed by atoms with Gasteiger partial charge in [0.15, 0.2) is 12.0 Å². The molecular formula is C12H10O3. The molecule has 3 heteroatoms. The molecule has 3 nitrogen and oxygen atoms in total. The second-order valence-corrected chi connectivity index (χ2v) is 3.72. The van der Waals surface area contributed by atoms with Crippen LogP contribution in [0.2, 0.25) is 0 Å². The highest BCUT2D eigenvalue weighted by Gasteiger charge is 2.13. The molecule has 3 rings (SSSR count). The topological polar surface area (TPSA) is 39.4 Å². The van der Waals surface area contributed by atoms with E-state index >= 15 is 0 Å². The van der Waals surface area contributed by atoms with Gasteiger partial charge in [-0.25, -0.2) is 0 Å². The zero-order valence-corrected chi connectivity index (χ0v) is 8.16. The molecule has 2 heterocycles. The van der Waals surface area contributed by atoms with Crippen molar-refractivity contribution in [2.45, 2.75) is 12.8 Å². The quantitative estimate of drug-likeness (QED) is 0.667. The Labute approximate surface area is 86.6 Å². The van der Waals surface area contributed by atoms with E-state index in [2.05, 4.69) is 0 Å². The maximum atomic E-state index is 10.6. The van der Waals surface area contributed by atoms with Crippen LogP contribution < -0.4 is 4.74 Å². The van der Waals surface area contributed by atoms with E-state index in [1.54, 1.807) is 6.07 Å². The summed E-state index contributed by atoms with van der Waals surface area (Å²) in [5.41, 5.74) is 1.92. The fourth-order valence-corrected chi connectivity index (χ4v) is 1.97. The molecule has 0 unspecified atom stereocenters. The molecule has 2 aromatic rings. The van der Waals surface area contributed by atoms with Crippen LogP contribution in [0.25, 0.3) is 11.0 Å². The number of aldehydes is 1. The van der Waals surface area contributed by atoms with Crippen LogP contribution in [-0.2, 0) is 6.42 Å². The van der Waals surface area contributed by atoms with Gasteiger partial charge in [0.25, 0.3) is 0 Å². The molecule has 1 aromatic heterocycles. The summed E-state index contributed by atoms with van der Waals surface area (Å²) in [5.74, 6) is 1.26. The molecule has 0 amide bonds. The van der Waals surface area contributed by atoms with Crippen molar-refractivity contribution in [1.82, 2.24) is 0 Å². The molecule has 0 atom stereocenters. The summed E-state index contributed by atoms with van der Waals surface area (Å²) >= 11 is 0. The van der Waals surface area contributed by atoms with E-state index in [0.717, 1.165) is 42.5 Å². The minimum Gasteiger partial charge on any atom is -0.493 e. The number of hydrogen-bond acceptors (Lipinski definition) is 3. The lowest BCUT2D eigenvalue weighted by Gasteiger charge is -2.16. The molecule has 0 radical (unpaired) electrons. The molecule has 1 aromatic carbocycles. The van der Waals surface area contributed by atoms with Crippen LogP contribution in [-0.4, -0.2) is 12.9 Å². The highest BCUT2D eigenvalue weighted by Crippen LogP contribution is 2.31. The summed E-state index contributed by atoms with van der Waals surface area (Å²) < 4.78 is 10.9. The summed E-state index contributed by atoms with van der Waals surface area (Å²) in [6, 6.07) is 5.67. The third-order valence-electron chi connectivity index (χ3n) is 2.68. The predicted octanol–water partition coefficient (Wildman–Crippen LogP) is 2.57. The van der Waals surface area contributed by atoms with Crippen molar-refractivity contribution < 1.29 is 13.9 Å². The van der Waals surface area contributed by atoms with Gasteiger partial charge in [-0.3, -0.25) is 4.79 Å². The number of hydrogen-bond donors (Lipinski definition) is 0.